The largest absolute Gasteiger partial charge is 0.305 e. The summed E-state index contributed by atoms with van der Waals surface area (Å²) in [6.45, 7) is 1.09. The lowest BCUT2D eigenvalue weighted by molar-refractivity contribution is 0.302. The molecule has 1 fully saturated rings. The maximum atomic E-state index is 12.8. The highest BCUT2D eigenvalue weighted by Gasteiger charge is 2.33. The van der Waals surface area contributed by atoms with Crippen molar-refractivity contribution in [3.63, 3.8) is 0 Å². The lowest BCUT2D eigenvalue weighted by atomic mass is 10.0. The van der Waals surface area contributed by atoms with Gasteiger partial charge in [-0.2, -0.15) is 9.57 Å². The molecule has 25 heavy (non-hydrogen) atoms. The van der Waals surface area contributed by atoms with Crippen LogP contribution in [0, 0.1) is 11.3 Å². The second-order valence-corrected chi connectivity index (χ2v) is 8.42. The van der Waals surface area contributed by atoms with E-state index in [0.29, 0.717) is 23.5 Å². The van der Waals surface area contributed by atoms with Gasteiger partial charge in [-0.05, 0) is 55.9 Å². The molecule has 1 aliphatic rings. The van der Waals surface area contributed by atoms with Crippen LogP contribution in [-0.4, -0.2) is 50.8 Å². The van der Waals surface area contributed by atoms with E-state index >= 15 is 0 Å². The molecule has 0 radical (unpaired) electrons. The van der Waals surface area contributed by atoms with Gasteiger partial charge in [0.05, 0.1) is 16.5 Å². The fourth-order valence-corrected chi connectivity index (χ4v) is 4.55. The van der Waals surface area contributed by atoms with Gasteiger partial charge in [-0.25, -0.2) is 8.42 Å². The molecule has 2 aromatic rings. The first-order valence-corrected chi connectivity index (χ1v) is 9.63. The molecule has 2 aromatic carbocycles. The molecule has 0 N–H and O–H groups in total. The van der Waals surface area contributed by atoms with Gasteiger partial charge in [0.25, 0.3) is 0 Å². The molecule has 3 rings (SSSR count). The number of hydrogen-bond acceptors (Lipinski definition) is 4. The van der Waals surface area contributed by atoms with E-state index in [1.165, 1.54) is 0 Å². The van der Waals surface area contributed by atoms with Crippen molar-refractivity contribution < 1.29 is 8.42 Å². The van der Waals surface area contributed by atoms with Crippen LogP contribution in [0.5, 0.6) is 0 Å². The van der Waals surface area contributed by atoms with Gasteiger partial charge in [-0.15, -0.1) is 0 Å². The van der Waals surface area contributed by atoms with Gasteiger partial charge < -0.3 is 4.90 Å². The highest BCUT2D eigenvalue weighted by atomic mass is 32.2. The topological polar surface area (TPSA) is 64.4 Å². The molecule has 0 bridgehead atoms. The Morgan fingerprint density at radius 3 is 2.08 bits per heavy atom. The minimum absolute atomic E-state index is 0.271. The lowest BCUT2D eigenvalue weighted by Gasteiger charge is -2.20. The molecule has 130 valence electrons. The minimum Gasteiger partial charge on any atom is -0.305 e. The fraction of sp³-hybridized carbons (Fsp3) is 0.316. The number of sulfonamides is 1. The van der Waals surface area contributed by atoms with E-state index in [4.69, 9.17) is 5.26 Å². The van der Waals surface area contributed by atoms with Gasteiger partial charge in [0.15, 0.2) is 0 Å². The van der Waals surface area contributed by atoms with Gasteiger partial charge in [-0.1, -0.05) is 24.3 Å². The predicted molar refractivity (Wildman–Crippen MR) is 97.4 cm³/mol. The third-order valence-corrected chi connectivity index (χ3v) is 6.58. The second kappa shape index (κ2) is 6.96. The van der Waals surface area contributed by atoms with E-state index in [1.807, 2.05) is 38.4 Å². The summed E-state index contributed by atoms with van der Waals surface area (Å²) in [7, 11) is 0.508. The number of likely N-dealkylation sites (N-methyl/N-ethyl adjacent to an activating group) is 1. The van der Waals surface area contributed by atoms with Crippen LogP contribution >= 0.6 is 0 Å². The van der Waals surface area contributed by atoms with E-state index in [9.17, 15) is 8.42 Å². The van der Waals surface area contributed by atoms with Crippen LogP contribution in [0.25, 0.3) is 11.1 Å². The zero-order valence-corrected chi connectivity index (χ0v) is 15.2. The van der Waals surface area contributed by atoms with Crippen molar-refractivity contribution in [3.8, 4) is 17.2 Å². The summed E-state index contributed by atoms with van der Waals surface area (Å²) in [5.74, 6) is 0. The average Bonchev–Trinajstić information content (AvgIpc) is 3.13. The first-order valence-electron chi connectivity index (χ1n) is 8.19. The molecular formula is C19H21N3O2S. The summed E-state index contributed by atoms with van der Waals surface area (Å²) in [5, 5.41) is 8.86. The summed E-state index contributed by atoms with van der Waals surface area (Å²) in [4.78, 5) is 2.40. The average molecular weight is 355 g/mol. The highest BCUT2D eigenvalue weighted by molar-refractivity contribution is 7.89. The van der Waals surface area contributed by atoms with Gasteiger partial charge in [-0.3, -0.25) is 0 Å². The van der Waals surface area contributed by atoms with Gasteiger partial charge in [0.1, 0.15) is 0 Å². The minimum atomic E-state index is -3.45. The van der Waals surface area contributed by atoms with Crippen LogP contribution in [-0.2, 0) is 10.0 Å². The standard InChI is InChI=1S/C19H21N3O2S/c1-21(2)18-11-12-22(14-18)25(23,24)19-9-7-17(8-10-19)16-5-3-15(13-20)4-6-16/h3-10,18H,11-12,14H2,1-2H3/t18-/m1/s1. The van der Waals surface area contributed by atoms with E-state index < -0.39 is 10.0 Å². The second-order valence-electron chi connectivity index (χ2n) is 6.48. The maximum absolute atomic E-state index is 12.8. The van der Waals surface area contributed by atoms with Gasteiger partial charge in [0, 0.05) is 19.1 Å². The SMILES string of the molecule is CN(C)[C@@H]1CCN(S(=O)(=O)c2ccc(-c3ccc(C#N)cc3)cc2)C1. The van der Waals surface area contributed by atoms with Crippen LogP contribution in [0.2, 0.25) is 0 Å². The Morgan fingerprint density at radius 2 is 1.60 bits per heavy atom. The molecule has 0 amide bonds. The van der Waals surface area contributed by atoms with E-state index in [0.717, 1.165) is 17.5 Å². The zero-order valence-electron chi connectivity index (χ0n) is 14.4. The Balaban J connectivity index is 1.80. The highest BCUT2D eigenvalue weighted by Crippen LogP contribution is 2.26. The number of nitriles is 1. The van der Waals surface area contributed by atoms with Crippen LogP contribution in [0.4, 0.5) is 0 Å². The smallest absolute Gasteiger partial charge is 0.243 e. The molecule has 1 aliphatic heterocycles. The molecule has 1 saturated heterocycles. The molecule has 0 unspecified atom stereocenters. The predicted octanol–water partition coefficient (Wildman–Crippen LogP) is 2.55. The van der Waals surface area contributed by atoms with Gasteiger partial charge >= 0.3 is 0 Å². The normalized spacial score (nSPS) is 18.4. The van der Waals surface area contributed by atoms with Crippen molar-refractivity contribution in [3.05, 3.63) is 54.1 Å². The number of hydrogen-bond donors (Lipinski definition) is 0. The fourth-order valence-electron chi connectivity index (χ4n) is 3.06. The van der Waals surface area contributed by atoms with Crippen molar-refractivity contribution in [2.45, 2.75) is 17.4 Å². The van der Waals surface area contributed by atoms with Crippen molar-refractivity contribution >= 4 is 10.0 Å². The zero-order chi connectivity index (χ0) is 18.0. The van der Waals surface area contributed by atoms with E-state index in [1.54, 1.807) is 28.6 Å². The van der Waals surface area contributed by atoms with Crippen LogP contribution < -0.4 is 0 Å². The number of benzene rings is 2. The molecule has 0 spiro atoms. The molecule has 0 aromatic heterocycles. The molecule has 0 aliphatic carbocycles. The van der Waals surface area contributed by atoms with Gasteiger partial charge in [0.2, 0.25) is 10.0 Å². The molecule has 1 atom stereocenters. The summed E-state index contributed by atoms with van der Waals surface area (Å²) in [5.41, 5.74) is 2.49. The lowest BCUT2D eigenvalue weighted by Crippen LogP contribution is -2.34. The van der Waals surface area contributed by atoms with Crippen molar-refractivity contribution in [2.24, 2.45) is 0 Å². The Bertz CT molecular complexity index is 882. The summed E-state index contributed by atoms with van der Waals surface area (Å²) >= 11 is 0. The third-order valence-electron chi connectivity index (χ3n) is 4.70. The number of nitrogens with zero attached hydrogens (tertiary/aromatic N) is 3. The quantitative estimate of drug-likeness (QED) is 0.845. The van der Waals surface area contributed by atoms with Crippen LogP contribution in [0.15, 0.2) is 53.4 Å². The van der Waals surface area contributed by atoms with Crippen LogP contribution in [0.1, 0.15) is 12.0 Å². The maximum Gasteiger partial charge on any atom is 0.243 e. The Morgan fingerprint density at radius 1 is 1.04 bits per heavy atom. The molecule has 6 heteroatoms. The van der Waals surface area contributed by atoms with E-state index in [-0.39, 0.29) is 6.04 Å². The molecule has 0 saturated carbocycles. The Kier molecular flexibility index (Phi) is 4.91. The van der Waals surface area contributed by atoms with E-state index in [2.05, 4.69) is 11.0 Å². The number of rotatable bonds is 4. The first kappa shape index (κ1) is 17.6. The van der Waals surface area contributed by atoms with Crippen molar-refractivity contribution in [2.75, 3.05) is 27.2 Å². The Labute approximate surface area is 149 Å². The van der Waals surface area contributed by atoms with Crippen molar-refractivity contribution in [1.29, 1.82) is 5.26 Å². The summed E-state index contributed by atoms with van der Waals surface area (Å²) in [6.07, 6.45) is 0.857. The monoisotopic (exact) mass is 355 g/mol. The third kappa shape index (κ3) is 3.59. The molecule has 5 nitrogen and oxygen atoms in total. The van der Waals surface area contributed by atoms with Crippen LogP contribution in [0.3, 0.4) is 0 Å². The first-order chi connectivity index (χ1) is 11.9. The molecular weight excluding hydrogens is 334 g/mol. The van der Waals surface area contributed by atoms with Crippen molar-refractivity contribution in [1.82, 2.24) is 9.21 Å². The molecule has 1 heterocycles. The Hall–Kier alpha value is -2.20. The summed E-state index contributed by atoms with van der Waals surface area (Å²) in [6, 6.07) is 16.5. The summed E-state index contributed by atoms with van der Waals surface area (Å²) < 4.78 is 27.2.